The molecule has 2 aliphatic heterocycles. The lowest BCUT2D eigenvalue weighted by Gasteiger charge is -2.43. The topological polar surface area (TPSA) is 109 Å². The van der Waals surface area contributed by atoms with Gasteiger partial charge in [0.05, 0.1) is 18.8 Å². The summed E-state index contributed by atoms with van der Waals surface area (Å²) >= 11 is 0. The molecule has 5 atom stereocenters. The molecule has 2 saturated heterocycles. The Labute approximate surface area is 278 Å². The van der Waals surface area contributed by atoms with E-state index in [-0.39, 0.29) is 42.8 Å². The van der Waals surface area contributed by atoms with Crippen molar-refractivity contribution < 1.29 is 28.9 Å². The minimum Gasteiger partial charge on any atom is -0.459 e. The average molecular weight is 644 g/mol. The predicted octanol–water partition coefficient (Wildman–Crippen LogP) is 6.26. The van der Waals surface area contributed by atoms with Gasteiger partial charge in [-0.2, -0.15) is 0 Å². The van der Waals surface area contributed by atoms with E-state index < -0.39 is 11.9 Å². The third kappa shape index (κ3) is 8.99. The summed E-state index contributed by atoms with van der Waals surface area (Å²) < 4.78 is 19.2. The van der Waals surface area contributed by atoms with Crippen LogP contribution in [0.25, 0.3) is 11.1 Å². The Bertz CT molecular complexity index is 1490. The van der Waals surface area contributed by atoms with Gasteiger partial charge in [-0.05, 0) is 81.0 Å². The lowest BCUT2D eigenvalue weighted by atomic mass is 9.89. The van der Waals surface area contributed by atoms with Crippen LogP contribution in [0.1, 0.15) is 82.1 Å². The second-order valence-corrected chi connectivity index (χ2v) is 13.5. The Hall–Kier alpha value is -3.76. The van der Waals surface area contributed by atoms with Crippen molar-refractivity contribution in [1.29, 1.82) is 0 Å². The number of nitrogens with one attached hydrogen (secondary N) is 2. The molecule has 47 heavy (non-hydrogen) atoms. The molecule has 2 aliphatic rings. The van der Waals surface area contributed by atoms with Crippen molar-refractivity contribution in [1.82, 2.24) is 15.5 Å². The summed E-state index contributed by atoms with van der Waals surface area (Å²) in [4.78, 5) is 27.2. The molecule has 3 aromatic carbocycles. The number of ether oxygens (including phenoxy) is 3. The minimum atomic E-state index is -0.608. The zero-order chi connectivity index (χ0) is 33.6. The SMILES string of the molecule is CCNC(=O)NCc1cccc(-c2ccc([C@@H]3O[C@H](CN4CCC[C@H]4C(=O)OC(C)(C)C)[C@H](C)[C@H](c4ccc(CO)cc4)O3)cc2)c1. The summed E-state index contributed by atoms with van der Waals surface area (Å²) in [7, 11) is 0. The van der Waals surface area contributed by atoms with Gasteiger partial charge in [-0.1, -0.05) is 73.7 Å². The summed E-state index contributed by atoms with van der Waals surface area (Å²) in [5.74, 6) is -0.178. The summed E-state index contributed by atoms with van der Waals surface area (Å²) in [5, 5.41) is 15.2. The van der Waals surface area contributed by atoms with Gasteiger partial charge in [-0.25, -0.2) is 4.79 Å². The van der Waals surface area contributed by atoms with Crippen LogP contribution in [-0.2, 0) is 32.2 Å². The fourth-order valence-electron chi connectivity index (χ4n) is 6.34. The van der Waals surface area contributed by atoms with E-state index in [1.54, 1.807) is 0 Å². The van der Waals surface area contributed by atoms with Gasteiger partial charge < -0.3 is 30.0 Å². The highest BCUT2D eigenvalue weighted by molar-refractivity contribution is 5.76. The summed E-state index contributed by atoms with van der Waals surface area (Å²) in [6, 6.07) is 23.7. The molecule has 0 radical (unpaired) electrons. The molecule has 0 bridgehead atoms. The van der Waals surface area contributed by atoms with E-state index in [0.717, 1.165) is 52.8 Å². The van der Waals surface area contributed by atoms with Crippen LogP contribution in [0.15, 0.2) is 72.8 Å². The molecule has 9 nitrogen and oxygen atoms in total. The maximum atomic E-state index is 13.1. The Morgan fingerprint density at radius 1 is 0.936 bits per heavy atom. The quantitative estimate of drug-likeness (QED) is 0.224. The predicted molar refractivity (Wildman–Crippen MR) is 181 cm³/mol. The number of nitrogens with zero attached hydrogens (tertiary/aromatic N) is 1. The first kappa shape index (κ1) is 34.6. The monoisotopic (exact) mass is 643 g/mol. The van der Waals surface area contributed by atoms with Crippen LogP contribution < -0.4 is 10.6 Å². The molecule has 0 saturated carbocycles. The van der Waals surface area contributed by atoms with Gasteiger partial charge in [0.25, 0.3) is 0 Å². The molecule has 3 aromatic rings. The highest BCUT2D eigenvalue weighted by atomic mass is 16.7. The zero-order valence-corrected chi connectivity index (χ0v) is 28.2. The van der Waals surface area contributed by atoms with Crippen molar-refractivity contribution in [3.8, 4) is 11.1 Å². The number of urea groups is 1. The third-order valence-electron chi connectivity index (χ3n) is 8.81. The first-order valence-corrected chi connectivity index (χ1v) is 16.7. The van der Waals surface area contributed by atoms with Crippen LogP contribution >= 0.6 is 0 Å². The Balaban J connectivity index is 1.35. The van der Waals surface area contributed by atoms with Gasteiger partial charge in [0.15, 0.2) is 6.29 Å². The van der Waals surface area contributed by atoms with Gasteiger partial charge in [0, 0.05) is 31.1 Å². The Kier molecular flexibility index (Phi) is 11.3. The number of aliphatic hydroxyl groups is 1. The maximum absolute atomic E-state index is 13.1. The summed E-state index contributed by atoms with van der Waals surface area (Å²) in [6.07, 6.45) is 0.646. The van der Waals surface area contributed by atoms with Crippen molar-refractivity contribution in [2.45, 2.75) is 90.8 Å². The number of aliphatic hydroxyl groups excluding tert-OH is 1. The third-order valence-corrected chi connectivity index (χ3v) is 8.81. The number of carbonyl (C=O) groups is 2. The lowest BCUT2D eigenvalue weighted by Crippen LogP contribution is -2.48. The molecule has 0 aromatic heterocycles. The van der Waals surface area contributed by atoms with E-state index in [2.05, 4.69) is 46.7 Å². The maximum Gasteiger partial charge on any atom is 0.323 e. The largest absolute Gasteiger partial charge is 0.459 e. The van der Waals surface area contributed by atoms with Crippen LogP contribution in [0.3, 0.4) is 0 Å². The van der Waals surface area contributed by atoms with E-state index in [4.69, 9.17) is 14.2 Å². The highest BCUT2D eigenvalue weighted by Gasteiger charge is 2.42. The van der Waals surface area contributed by atoms with Crippen LogP contribution in [-0.4, -0.2) is 59.4 Å². The van der Waals surface area contributed by atoms with Crippen molar-refractivity contribution in [2.24, 2.45) is 5.92 Å². The van der Waals surface area contributed by atoms with E-state index in [0.29, 0.717) is 19.6 Å². The second-order valence-electron chi connectivity index (χ2n) is 13.5. The molecule has 2 amide bonds. The Morgan fingerprint density at radius 3 is 2.34 bits per heavy atom. The van der Waals surface area contributed by atoms with E-state index >= 15 is 0 Å². The van der Waals surface area contributed by atoms with Crippen molar-refractivity contribution in [3.05, 3.63) is 95.1 Å². The first-order chi connectivity index (χ1) is 22.5. The summed E-state index contributed by atoms with van der Waals surface area (Å²) in [6.45, 7) is 12.1. The smallest absolute Gasteiger partial charge is 0.323 e. The van der Waals surface area contributed by atoms with E-state index in [1.165, 1.54) is 0 Å². The van der Waals surface area contributed by atoms with Gasteiger partial charge in [-0.3, -0.25) is 9.69 Å². The van der Waals surface area contributed by atoms with Crippen LogP contribution in [0.2, 0.25) is 0 Å². The molecule has 3 N–H and O–H groups in total. The second kappa shape index (κ2) is 15.4. The first-order valence-electron chi connectivity index (χ1n) is 16.7. The number of carbonyl (C=O) groups excluding carboxylic acids is 2. The molecule has 2 heterocycles. The van der Waals surface area contributed by atoms with Crippen molar-refractivity contribution in [2.75, 3.05) is 19.6 Å². The highest BCUT2D eigenvalue weighted by Crippen LogP contribution is 2.42. The number of hydrogen-bond acceptors (Lipinski definition) is 7. The fourth-order valence-corrected chi connectivity index (χ4v) is 6.34. The fraction of sp³-hybridized carbons (Fsp3) is 0.474. The molecule has 0 unspecified atom stereocenters. The standard InChI is InChI=1S/C38H49N3O6/c1-6-39-37(44)40-22-27-9-7-10-31(21-27)28-16-18-30(19-17-28)36-45-33(23-41-20-8-11-32(41)35(43)47-38(3,4)5)25(2)34(46-36)29-14-12-26(24-42)13-15-29/h7,9-10,12-19,21,25,32-34,36,42H,6,8,11,20,22-24H2,1-5H3,(H2,39,40,44)/t25-,32-,33+,34+,36+/m0/s1. The number of hydrogen-bond donors (Lipinski definition) is 3. The van der Waals surface area contributed by atoms with Crippen LogP contribution in [0, 0.1) is 5.92 Å². The number of likely N-dealkylation sites (tertiary alicyclic amines) is 1. The van der Waals surface area contributed by atoms with Crippen molar-refractivity contribution in [3.63, 3.8) is 0 Å². The number of rotatable bonds is 10. The van der Waals surface area contributed by atoms with Gasteiger partial charge >= 0.3 is 12.0 Å². The lowest BCUT2D eigenvalue weighted by molar-refractivity contribution is -0.276. The minimum absolute atomic E-state index is 0.00106. The molecule has 5 rings (SSSR count). The van der Waals surface area contributed by atoms with Crippen LogP contribution in [0.5, 0.6) is 0 Å². The normalized spacial score (nSPS) is 23.3. The van der Waals surface area contributed by atoms with Crippen LogP contribution in [0.4, 0.5) is 4.79 Å². The van der Waals surface area contributed by atoms with E-state index in [1.807, 2.05) is 76.2 Å². The average Bonchev–Trinajstić information content (AvgIpc) is 3.53. The van der Waals surface area contributed by atoms with E-state index in [9.17, 15) is 14.7 Å². The van der Waals surface area contributed by atoms with Gasteiger partial charge in [0.2, 0.25) is 0 Å². The molecule has 0 aliphatic carbocycles. The molecular formula is C38H49N3O6. The number of amides is 2. The molecule has 0 spiro atoms. The number of esters is 1. The molecule has 2 fully saturated rings. The van der Waals surface area contributed by atoms with Crippen molar-refractivity contribution >= 4 is 12.0 Å². The van der Waals surface area contributed by atoms with Gasteiger partial charge in [0.1, 0.15) is 11.6 Å². The Morgan fingerprint density at radius 2 is 1.66 bits per heavy atom. The molecule has 9 heteroatoms. The summed E-state index contributed by atoms with van der Waals surface area (Å²) in [5.41, 5.74) is 5.33. The molecular weight excluding hydrogens is 594 g/mol. The van der Waals surface area contributed by atoms with Gasteiger partial charge in [-0.15, -0.1) is 0 Å². The molecule has 252 valence electrons. The zero-order valence-electron chi connectivity index (χ0n) is 28.2. The number of benzene rings is 3.